The first-order valence-electron chi connectivity index (χ1n) is 6.46. The number of hydrogen-bond acceptors (Lipinski definition) is 4. The minimum absolute atomic E-state index is 0.0726. The smallest absolute Gasteiger partial charge is 0.229 e. The summed E-state index contributed by atoms with van der Waals surface area (Å²) in [6.45, 7) is 1.99. The zero-order chi connectivity index (χ0) is 15.5. The quantitative estimate of drug-likeness (QED) is 0.858. The van der Waals surface area contributed by atoms with Crippen molar-refractivity contribution in [2.24, 2.45) is 0 Å². The van der Waals surface area contributed by atoms with Gasteiger partial charge in [0.05, 0.1) is 24.2 Å². The molecule has 2 N–H and O–H groups in total. The van der Waals surface area contributed by atoms with E-state index in [9.17, 15) is 12.8 Å². The van der Waals surface area contributed by atoms with Crippen LogP contribution in [0.25, 0.3) is 0 Å². The molecule has 0 saturated carbocycles. The molecule has 7 heteroatoms. The van der Waals surface area contributed by atoms with E-state index in [2.05, 4.69) is 10.0 Å². The summed E-state index contributed by atoms with van der Waals surface area (Å²) in [7, 11) is -3.53. The number of benzene rings is 1. The van der Waals surface area contributed by atoms with Gasteiger partial charge in [-0.15, -0.1) is 0 Å². The third kappa shape index (κ3) is 4.22. The molecule has 0 bridgehead atoms. The van der Waals surface area contributed by atoms with Crippen molar-refractivity contribution in [2.75, 3.05) is 16.3 Å². The number of nitrogens with one attached hydrogen (secondary N) is 2. The lowest BCUT2D eigenvalue weighted by Crippen LogP contribution is -2.12. The Morgan fingerprint density at radius 1 is 1.33 bits per heavy atom. The molecule has 2 rings (SSSR count). The van der Waals surface area contributed by atoms with Gasteiger partial charge in [0, 0.05) is 5.69 Å². The van der Waals surface area contributed by atoms with Gasteiger partial charge in [-0.05, 0) is 36.8 Å². The van der Waals surface area contributed by atoms with Gasteiger partial charge in [-0.25, -0.2) is 12.8 Å². The number of rotatable bonds is 6. The monoisotopic (exact) mass is 312 g/mol. The Kier molecular flexibility index (Phi) is 4.52. The molecule has 5 nitrogen and oxygen atoms in total. The van der Waals surface area contributed by atoms with Crippen molar-refractivity contribution >= 4 is 21.4 Å². The molecule has 1 unspecified atom stereocenters. The highest BCUT2D eigenvalue weighted by Crippen LogP contribution is 2.26. The number of sulfonamides is 1. The van der Waals surface area contributed by atoms with Crippen LogP contribution in [0.15, 0.2) is 41.0 Å². The Balaban J connectivity index is 2.22. The van der Waals surface area contributed by atoms with Gasteiger partial charge in [0.15, 0.2) is 0 Å². The summed E-state index contributed by atoms with van der Waals surface area (Å²) in [6.07, 6.45) is 3.32. The van der Waals surface area contributed by atoms with Gasteiger partial charge in [0.25, 0.3) is 0 Å². The zero-order valence-corrected chi connectivity index (χ0v) is 12.6. The summed E-state index contributed by atoms with van der Waals surface area (Å²) >= 11 is 0. The SMILES string of the molecule is CCC(Nc1ccc(F)c(NS(C)(=O)=O)c1)c1ccco1. The van der Waals surface area contributed by atoms with Gasteiger partial charge in [-0.1, -0.05) is 6.92 Å². The minimum atomic E-state index is -3.53. The van der Waals surface area contributed by atoms with Crippen LogP contribution in [-0.4, -0.2) is 14.7 Å². The Morgan fingerprint density at radius 3 is 2.67 bits per heavy atom. The van der Waals surface area contributed by atoms with Gasteiger partial charge >= 0.3 is 0 Å². The second-order valence-corrected chi connectivity index (χ2v) is 6.44. The third-order valence-electron chi connectivity index (χ3n) is 2.90. The average Bonchev–Trinajstić information content (AvgIpc) is 2.91. The van der Waals surface area contributed by atoms with E-state index < -0.39 is 15.8 Å². The molecule has 0 radical (unpaired) electrons. The lowest BCUT2D eigenvalue weighted by molar-refractivity contribution is 0.474. The van der Waals surface area contributed by atoms with Crippen LogP contribution in [0.5, 0.6) is 0 Å². The third-order valence-corrected chi connectivity index (χ3v) is 3.49. The molecule has 0 amide bonds. The molecular weight excluding hydrogens is 295 g/mol. The highest BCUT2D eigenvalue weighted by molar-refractivity contribution is 7.92. The fraction of sp³-hybridized carbons (Fsp3) is 0.286. The molecule has 0 aliphatic carbocycles. The van der Waals surface area contributed by atoms with E-state index in [1.165, 1.54) is 12.1 Å². The first kappa shape index (κ1) is 15.4. The van der Waals surface area contributed by atoms with Crippen LogP contribution in [0.2, 0.25) is 0 Å². The second kappa shape index (κ2) is 6.17. The molecule has 0 fully saturated rings. The molecule has 0 aliphatic rings. The van der Waals surface area contributed by atoms with Crippen LogP contribution in [0.1, 0.15) is 25.1 Å². The number of furan rings is 1. The number of hydrogen-bond donors (Lipinski definition) is 2. The fourth-order valence-electron chi connectivity index (χ4n) is 1.96. The maximum atomic E-state index is 13.6. The van der Waals surface area contributed by atoms with Crippen molar-refractivity contribution in [1.29, 1.82) is 0 Å². The van der Waals surface area contributed by atoms with Crippen molar-refractivity contribution in [3.8, 4) is 0 Å². The van der Waals surface area contributed by atoms with Crippen LogP contribution in [0.4, 0.5) is 15.8 Å². The first-order chi connectivity index (χ1) is 9.89. The Labute approximate surface area is 123 Å². The summed E-state index contributed by atoms with van der Waals surface area (Å²) in [4.78, 5) is 0. The predicted molar refractivity (Wildman–Crippen MR) is 80.2 cm³/mol. The largest absolute Gasteiger partial charge is 0.467 e. The van der Waals surface area contributed by atoms with Crippen molar-refractivity contribution < 1.29 is 17.2 Å². The van der Waals surface area contributed by atoms with Crippen LogP contribution in [-0.2, 0) is 10.0 Å². The van der Waals surface area contributed by atoms with E-state index in [1.807, 2.05) is 13.0 Å². The van der Waals surface area contributed by atoms with Gasteiger partial charge < -0.3 is 9.73 Å². The lowest BCUT2D eigenvalue weighted by atomic mass is 10.1. The molecule has 1 atom stereocenters. The van der Waals surface area contributed by atoms with Gasteiger partial charge in [-0.3, -0.25) is 4.72 Å². The lowest BCUT2D eigenvalue weighted by Gasteiger charge is -2.17. The fourth-order valence-corrected chi connectivity index (χ4v) is 2.51. The summed E-state index contributed by atoms with van der Waals surface area (Å²) in [6, 6.07) is 7.75. The minimum Gasteiger partial charge on any atom is -0.467 e. The Hall–Kier alpha value is -2.02. The average molecular weight is 312 g/mol. The summed E-state index contributed by atoms with van der Waals surface area (Å²) in [5.74, 6) is 0.136. The maximum Gasteiger partial charge on any atom is 0.229 e. The number of anilines is 2. The predicted octanol–water partition coefficient (Wildman–Crippen LogP) is 3.35. The van der Waals surface area contributed by atoms with Crippen LogP contribution >= 0.6 is 0 Å². The van der Waals surface area contributed by atoms with E-state index >= 15 is 0 Å². The molecule has 1 aromatic carbocycles. The second-order valence-electron chi connectivity index (χ2n) is 4.69. The van der Waals surface area contributed by atoms with Gasteiger partial charge in [0.2, 0.25) is 10.0 Å². The highest BCUT2D eigenvalue weighted by Gasteiger charge is 2.14. The Morgan fingerprint density at radius 2 is 2.10 bits per heavy atom. The normalized spacial score (nSPS) is 12.9. The molecule has 0 aliphatic heterocycles. The van der Waals surface area contributed by atoms with Gasteiger partial charge in [-0.2, -0.15) is 0 Å². The van der Waals surface area contributed by atoms with Crippen molar-refractivity contribution in [1.82, 2.24) is 0 Å². The molecule has 1 aromatic heterocycles. The Bertz CT molecular complexity index is 699. The van der Waals surface area contributed by atoms with Crippen LogP contribution < -0.4 is 10.0 Å². The highest BCUT2D eigenvalue weighted by atomic mass is 32.2. The van der Waals surface area contributed by atoms with Crippen molar-refractivity contribution in [3.05, 3.63) is 48.2 Å². The van der Waals surface area contributed by atoms with E-state index in [-0.39, 0.29) is 11.7 Å². The number of halogens is 1. The summed E-state index contributed by atoms with van der Waals surface area (Å²) < 4.78 is 43.5. The molecular formula is C14H17FN2O3S. The van der Waals surface area contributed by atoms with Crippen molar-refractivity contribution in [3.63, 3.8) is 0 Å². The van der Waals surface area contributed by atoms with Crippen LogP contribution in [0.3, 0.4) is 0 Å². The van der Waals surface area contributed by atoms with Gasteiger partial charge in [0.1, 0.15) is 11.6 Å². The molecule has 114 valence electrons. The first-order valence-corrected chi connectivity index (χ1v) is 8.35. The summed E-state index contributed by atoms with van der Waals surface area (Å²) in [5.41, 5.74) is 0.516. The maximum absolute atomic E-state index is 13.6. The zero-order valence-electron chi connectivity index (χ0n) is 11.8. The summed E-state index contributed by atoms with van der Waals surface area (Å²) in [5, 5.41) is 3.19. The molecule has 2 aromatic rings. The molecule has 0 saturated heterocycles. The molecule has 0 spiro atoms. The molecule has 21 heavy (non-hydrogen) atoms. The topological polar surface area (TPSA) is 71.3 Å². The van der Waals surface area contributed by atoms with Crippen LogP contribution in [0, 0.1) is 5.82 Å². The van der Waals surface area contributed by atoms with E-state index in [0.29, 0.717) is 5.69 Å². The van der Waals surface area contributed by atoms with E-state index in [0.717, 1.165) is 18.4 Å². The standard InChI is InChI=1S/C14H17FN2O3S/c1-3-12(14-5-4-8-20-14)16-10-6-7-11(15)13(9-10)17-21(2,18)19/h4-9,12,16-17H,3H2,1-2H3. The molecule has 1 heterocycles. The van der Waals surface area contributed by atoms with Crippen molar-refractivity contribution in [2.45, 2.75) is 19.4 Å². The van der Waals surface area contributed by atoms with E-state index in [4.69, 9.17) is 4.42 Å². The van der Waals surface area contributed by atoms with E-state index in [1.54, 1.807) is 18.4 Å².